The van der Waals surface area contributed by atoms with E-state index in [2.05, 4.69) is 34.5 Å². The summed E-state index contributed by atoms with van der Waals surface area (Å²) in [6.07, 6.45) is 8.55. The number of aromatic nitrogens is 1. The number of likely N-dealkylation sites (N-methyl/N-ethyl adjacent to an activating group) is 1. The van der Waals surface area contributed by atoms with Crippen LogP contribution in [0.5, 0.6) is 0 Å². The Balaban J connectivity index is 2.00. The predicted octanol–water partition coefficient (Wildman–Crippen LogP) is 2.15. The van der Waals surface area contributed by atoms with E-state index in [-0.39, 0.29) is 5.82 Å². The number of hydrogen-bond acceptors (Lipinski definition) is 3. The number of nitrogens with one attached hydrogen (secondary N) is 1. The molecule has 19 heavy (non-hydrogen) atoms. The zero-order valence-electron chi connectivity index (χ0n) is 10.7. The number of halogens is 1. The molecule has 4 heteroatoms. The molecule has 0 amide bonds. The summed E-state index contributed by atoms with van der Waals surface area (Å²) in [5.74, 6) is -0.292. The van der Waals surface area contributed by atoms with Crippen molar-refractivity contribution in [2.45, 2.75) is 12.5 Å². The maximum absolute atomic E-state index is 13.3. The first-order valence-corrected chi connectivity index (χ1v) is 6.50. The van der Waals surface area contributed by atoms with Gasteiger partial charge in [0.25, 0.3) is 0 Å². The van der Waals surface area contributed by atoms with E-state index in [1.807, 2.05) is 6.08 Å². The fourth-order valence-electron chi connectivity index (χ4n) is 3.18. The number of allylic oxidation sites excluding steroid dienone is 1. The van der Waals surface area contributed by atoms with Crippen LogP contribution in [0.1, 0.15) is 17.7 Å². The minimum atomic E-state index is -0.292. The smallest absolute Gasteiger partial charge is 0.142 e. The molecule has 1 aromatic rings. The molecule has 1 aromatic heterocycles. The highest BCUT2D eigenvalue weighted by Crippen LogP contribution is 2.39. The van der Waals surface area contributed by atoms with Gasteiger partial charge in [-0.1, -0.05) is 12.2 Å². The Labute approximate surface area is 111 Å². The highest BCUT2D eigenvalue weighted by Gasteiger charge is 2.34. The van der Waals surface area contributed by atoms with Crippen LogP contribution in [0.15, 0.2) is 35.7 Å². The normalized spacial score (nSPS) is 23.6. The Bertz CT molecular complexity index is 657. The van der Waals surface area contributed by atoms with Crippen molar-refractivity contribution in [1.29, 1.82) is 0 Å². The minimum Gasteiger partial charge on any atom is -0.383 e. The molecule has 0 aromatic carbocycles. The molecule has 3 nitrogen and oxygen atoms in total. The maximum atomic E-state index is 13.3. The molecule has 1 N–H and O–H groups in total. The van der Waals surface area contributed by atoms with Crippen LogP contribution in [0, 0.1) is 5.82 Å². The van der Waals surface area contributed by atoms with E-state index in [0.717, 1.165) is 29.9 Å². The van der Waals surface area contributed by atoms with Crippen LogP contribution in [-0.4, -0.2) is 29.5 Å². The first kappa shape index (κ1) is 10.8. The molecule has 2 aliphatic heterocycles. The van der Waals surface area contributed by atoms with Crippen LogP contribution in [0.25, 0.3) is 11.8 Å². The molecular formula is C15H14FN3. The lowest BCUT2D eigenvalue weighted by atomic mass is 9.93. The molecule has 3 heterocycles. The standard InChI is InChI=1S/C15H14FN3/c1-19-8-10-3-2-9-6-11(16)7-18-14(9)15-13(10)12(19)4-5-17-15/h2-3,6-8,12,17H,4-5H2,1H3. The van der Waals surface area contributed by atoms with Gasteiger partial charge in [0, 0.05) is 30.9 Å². The van der Waals surface area contributed by atoms with Crippen molar-refractivity contribution in [3.8, 4) is 0 Å². The number of nitrogens with zero attached hydrogens (tertiary/aromatic N) is 2. The van der Waals surface area contributed by atoms with Crippen LogP contribution >= 0.6 is 0 Å². The third-order valence-corrected chi connectivity index (χ3v) is 4.03. The molecule has 0 fully saturated rings. The Morgan fingerprint density at radius 2 is 2.32 bits per heavy atom. The maximum Gasteiger partial charge on any atom is 0.142 e. The quantitative estimate of drug-likeness (QED) is 0.770. The van der Waals surface area contributed by atoms with E-state index in [4.69, 9.17) is 0 Å². The van der Waals surface area contributed by atoms with E-state index < -0.39 is 0 Å². The van der Waals surface area contributed by atoms with Gasteiger partial charge in [-0.15, -0.1) is 0 Å². The zero-order valence-corrected chi connectivity index (χ0v) is 10.7. The second kappa shape index (κ2) is 3.70. The van der Waals surface area contributed by atoms with Gasteiger partial charge in [0.2, 0.25) is 0 Å². The van der Waals surface area contributed by atoms with E-state index >= 15 is 0 Å². The van der Waals surface area contributed by atoms with Crippen molar-refractivity contribution in [2.24, 2.45) is 0 Å². The van der Waals surface area contributed by atoms with E-state index in [9.17, 15) is 4.39 Å². The number of hydrogen-bond donors (Lipinski definition) is 1. The molecule has 0 spiro atoms. The summed E-state index contributed by atoms with van der Waals surface area (Å²) in [5, 5.41) is 3.45. The van der Waals surface area contributed by atoms with Crippen LogP contribution in [0.3, 0.4) is 0 Å². The third-order valence-electron chi connectivity index (χ3n) is 4.03. The summed E-state index contributed by atoms with van der Waals surface area (Å²) >= 11 is 0. The summed E-state index contributed by atoms with van der Waals surface area (Å²) < 4.78 is 13.3. The molecule has 0 saturated carbocycles. The molecule has 0 saturated heterocycles. The fraction of sp³-hybridized carbons (Fsp3) is 0.267. The molecule has 0 bridgehead atoms. The van der Waals surface area contributed by atoms with E-state index in [1.165, 1.54) is 17.3 Å². The molecule has 1 aliphatic carbocycles. The molecule has 1 atom stereocenters. The average Bonchev–Trinajstić information content (AvgIpc) is 2.65. The van der Waals surface area contributed by atoms with Crippen molar-refractivity contribution in [3.05, 3.63) is 52.8 Å². The lowest BCUT2D eigenvalue weighted by Gasteiger charge is -2.29. The van der Waals surface area contributed by atoms with E-state index in [1.54, 1.807) is 6.07 Å². The van der Waals surface area contributed by atoms with Gasteiger partial charge in [0.15, 0.2) is 0 Å². The summed E-state index contributed by atoms with van der Waals surface area (Å²) in [5.41, 5.74) is 5.26. The molecule has 4 rings (SSSR count). The summed E-state index contributed by atoms with van der Waals surface area (Å²) in [7, 11) is 2.11. The largest absolute Gasteiger partial charge is 0.383 e. The van der Waals surface area contributed by atoms with Crippen molar-refractivity contribution in [1.82, 2.24) is 15.2 Å². The molecule has 1 unspecified atom stereocenters. The van der Waals surface area contributed by atoms with Crippen molar-refractivity contribution in [2.75, 3.05) is 13.6 Å². The Kier molecular flexibility index (Phi) is 2.10. The number of fused-ring (bicyclic) bond motifs is 2. The Morgan fingerprint density at radius 1 is 1.42 bits per heavy atom. The fourth-order valence-corrected chi connectivity index (χ4v) is 3.18. The zero-order chi connectivity index (χ0) is 13.0. The number of rotatable bonds is 0. The van der Waals surface area contributed by atoms with Gasteiger partial charge >= 0.3 is 0 Å². The lowest BCUT2D eigenvalue weighted by Crippen LogP contribution is -2.35. The Hall–Kier alpha value is -2.10. The minimum absolute atomic E-state index is 0.292. The third kappa shape index (κ3) is 1.46. The predicted molar refractivity (Wildman–Crippen MR) is 72.4 cm³/mol. The first-order chi connectivity index (χ1) is 9.24. The van der Waals surface area contributed by atoms with Crippen LogP contribution in [0.2, 0.25) is 0 Å². The van der Waals surface area contributed by atoms with Crippen LogP contribution < -0.4 is 5.32 Å². The lowest BCUT2D eigenvalue weighted by molar-refractivity contribution is 0.366. The van der Waals surface area contributed by atoms with Crippen LogP contribution in [-0.2, 0) is 0 Å². The van der Waals surface area contributed by atoms with Crippen molar-refractivity contribution < 1.29 is 4.39 Å². The summed E-state index contributed by atoms with van der Waals surface area (Å²) in [6, 6.07) is 1.96. The van der Waals surface area contributed by atoms with Gasteiger partial charge in [-0.25, -0.2) is 4.39 Å². The van der Waals surface area contributed by atoms with Gasteiger partial charge in [0.05, 0.1) is 23.6 Å². The van der Waals surface area contributed by atoms with Gasteiger partial charge in [-0.2, -0.15) is 0 Å². The number of pyridine rings is 1. The highest BCUT2D eigenvalue weighted by atomic mass is 19.1. The second-order valence-corrected chi connectivity index (χ2v) is 5.19. The Morgan fingerprint density at radius 3 is 3.21 bits per heavy atom. The van der Waals surface area contributed by atoms with Gasteiger partial charge in [-0.05, 0) is 18.1 Å². The molecule has 96 valence electrons. The average molecular weight is 255 g/mol. The molecular weight excluding hydrogens is 241 g/mol. The molecule has 0 radical (unpaired) electrons. The summed E-state index contributed by atoms with van der Waals surface area (Å²) in [6.45, 7) is 0.924. The van der Waals surface area contributed by atoms with Gasteiger partial charge < -0.3 is 10.2 Å². The second-order valence-electron chi connectivity index (χ2n) is 5.19. The molecule has 3 aliphatic rings. The van der Waals surface area contributed by atoms with Crippen molar-refractivity contribution >= 4 is 11.8 Å². The van der Waals surface area contributed by atoms with Gasteiger partial charge in [0.1, 0.15) is 5.82 Å². The SMILES string of the molecule is CN1C=C2C=Cc3cc(F)cnc3C3=C2C1CCN3. The highest BCUT2D eigenvalue weighted by molar-refractivity contribution is 5.82. The van der Waals surface area contributed by atoms with Crippen molar-refractivity contribution in [3.63, 3.8) is 0 Å². The first-order valence-electron chi connectivity index (χ1n) is 6.50. The topological polar surface area (TPSA) is 28.2 Å². The summed E-state index contributed by atoms with van der Waals surface area (Å²) in [4.78, 5) is 6.55. The van der Waals surface area contributed by atoms with E-state index in [0.29, 0.717) is 6.04 Å². The van der Waals surface area contributed by atoms with Crippen LogP contribution in [0.4, 0.5) is 4.39 Å². The monoisotopic (exact) mass is 255 g/mol. The van der Waals surface area contributed by atoms with Gasteiger partial charge in [-0.3, -0.25) is 4.98 Å².